The van der Waals surface area contributed by atoms with Crippen molar-refractivity contribution in [3.8, 4) is 0 Å². The van der Waals surface area contributed by atoms with Gasteiger partial charge in [0, 0.05) is 19.1 Å². The monoisotopic (exact) mass is 648 g/mol. The van der Waals surface area contributed by atoms with Crippen molar-refractivity contribution in [1.29, 1.82) is 0 Å². The second kappa shape index (κ2) is 13.0. The summed E-state index contributed by atoms with van der Waals surface area (Å²) in [7, 11) is 0. The summed E-state index contributed by atoms with van der Waals surface area (Å²) >= 11 is 0. The standard InChI is InChI=1S/C38H56N4O5/c1-7-41(8-2)16-15-39-34(44)28-14-10-13-27(18-28)26-12-9-11-25(17-26)21-42-33(38(23-37(38,6)46)32(22-43)47-42)35(45)40-31-20-29-19-30(24(31)3)36(29,4)5/h9-14,17,24,28-33,43,46H,7-8,15-16,18-23H2,1-6H3,(H,39,44)(H,40,45)/t24?,28?,29-,30+,31+,32+,33?,37?,38-/m1/s1. The maximum atomic E-state index is 14.2. The third-order valence-electron chi connectivity index (χ3n) is 12.9. The van der Waals surface area contributed by atoms with E-state index in [1.165, 1.54) is 6.42 Å². The molecule has 1 saturated heterocycles. The number of carbonyl (C=O) groups excluding carboxylic acids is 2. The van der Waals surface area contributed by atoms with Crippen LogP contribution in [0.2, 0.25) is 0 Å². The van der Waals surface area contributed by atoms with Gasteiger partial charge in [-0.25, -0.2) is 0 Å². The first-order chi connectivity index (χ1) is 22.4. The Morgan fingerprint density at radius 2 is 1.87 bits per heavy atom. The molecule has 1 spiro atoms. The van der Waals surface area contributed by atoms with Gasteiger partial charge in [0.2, 0.25) is 11.8 Å². The van der Waals surface area contributed by atoms with E-state index in [1.807, 2.05) is 24.3 Å². The Bertz CT molecular complexity index is 1400. The molecule has 9 heteroatoms. The number of hydrogen-bond donors (Lipinski definition) is 4. The van der Waals surface area contributed by atoms with E-state index in [2.05, 4.69) is 68.4 Å². The smallest absolute Gasteiger partial charge is 0.240 e. The van der Waals surface area contributed by atoms with E-state index in [0.717, 1.165) is 42.8 Å². The number of aliphatic hydroxyl groups excluding tert-OH is 1. The molecule has 2 amide bonds. The molecule has 0 aromatic heterocycles. The molecule has 4 saturated carbocycles. The van der Waals surface area contributed by atoms with Crippen LogP contribution in [0.4, 0.5) is 0 Å². The second-order valence-electron chi connectivity index (χ2n) is 15.7. The largest absolute Gasteiger partial charge is 0.394 e. The molecule has 0 radical (unpaired) electrons. The topological polar surface area (TPSA) is 114 Å². The molecule has 7 rings (SSSR count). The molecule has 6 aliphatic rings. The predicted octanol–water partition coefficient (Wildman–Crippen LogP) is 3.91. The van der Waals surface area contributed by atoms with Crippen LogP contribution in [0.25, 0.3) is 5.57 Å². The molecular weight excluding hydrogens is 592 g/mol. The Balaban J connectivity index is 1.15. The Labute approximate surface area is 280 Å². The third-order valence-corrected chi connectivity index (χ3v) is 12.9. The van der Waals surface area contributed by atoms with Crippen LogP contribution >= 0.6 is 0 Å². The zero-order valence-corrected chi connectivity index (χ0v) is 29.2. The summed E-state index contributed by atoms with van der Waals surface area (Å²) < 4.78 is 0. The maximum Gasteiger partial charge on any atom is 0.240 e. The molecular formula is C38H56N4O5. The van der Waals surface area contributed by atoms with Gasteiger partial charge in [-0.15, -0.1) is 0 Å². The van der Waals surface area contributed by atoms with Crippen LogP contribution in [-0.4, -0.2) is 88.6 Å². The van der Waals surface area contributed by atoms with E-state index in [-0.39, 0.29) is 30.4 Å². The Kier molecular flexibility index (Phi) is 9.52. The summed E-state index contributed by atoms with van der Waals surface area (Å²) in [5, 5.41) is 29.9. The molecule has 5 aliphatic carbocycles. The first kappa shape index (κ1) is 34.3. The fourth-order valence-corrected chi connectivity index (χ4v) is 9.55. The number of aliphatic hydroxyl groups is 2. The van der Waals surface area contributed by atoms with Crippen molar-refractivity contribution in [2.24, 2.45) is 34.5 Å². The molecule has 4 unspecified atom stereocenters. The molecule has 4 N–H and O–H groups in total. The van der Waals surface area contributed by atoms with E-state index < -0.39 is 23.2 Å². The molecule has 5 fully saturated rings. The van der Waals surface area contributed by atoms with Crippen LogP contribution in [0, 0.1) is 34.5 Å². The highest BCUT2D eigenvalue weighted by atomic mass is 16.7. The number of carbonyl (C=O) groups is 2. The summed E-state index contributed by atoms with van der Waals surface area (Å²) in [5.41, 5.74) is 1.40. The lowest BCUT2D eigenvalue weighted by atomic mass is 9.45. The fraction of sp³-hybridized carbons (Fsp3) is 0.684. The van der Waals surface area contributed by atoms with E-state index in [9.17, 15) is 19.8 Å². The number of amides is 2. The van der Waals surface area contributed by atoms with Crippen molar-refractivity contribution >= 4 is 17.4 Å². The number of hydroxylamine groups is 2. The van der Waals surface area contributed by atoms with Crippen LogP contribution in [0.1, 0.15) is 78.4 Å². The van der Waals surface area contributed by atoms with Crippen molar-refractivity contribution in [3.63, 3.8) is 0 Å². The summed E-state index contributed by atoms with van der Waals surface area (Å²) in [6, 6.07) is 7.53. The minimum absolute atomic E-state index is 0.0412. The first-order valence-corrected chi connectivity index (χ1v) is 17.9. The van der Waals surface area contributed by atoms with Gasteiger partial charge < -0.3 is 25.7 Å². The number of allylic oxidation sites excluding steroid dienone is 3. The number of hydrogen-bond acceptors (Lipinski definition) is 7. The van der Waals surface area contributed by atoms with Crippen LogP contribution in [-0.2, 0) is 21.0 Å². The van der Waals surface area contributed by atoms with Crippen molar-refractivity contribution in [3.05, 3.63) is 53.6 Å². The lowest BCUT2D eigenvalue weighted by molar-refractivity contribution is -0.183. The normalized spacial score (nSPS) is 37.0. The van der Waals surface area contributed by atoms with Crippen molar-refractivity contribution in [1.82, 2.24) is 20.6 Å². The average Bonchev–Trinajstić information content (AvgIpc) is 3.48. The molecule has 2 bridgehead atoms. The van der Waals surface area contributed by atoms with Gasteiger partial charge in [0.15, 0.2) is 0 Å². The number of likely N-dealkylation sites (N-methyl/N-ethyl adjacent to an activating group) is 1. The first-order valence-electron chi connectivity index (χ1n) is 17.9. The van der Waals surface area contributed by atoms with E-state index in [1.54, 1.807) is 12.0 Å². The van der Waals surface area contributed by atoms with E-state index in [4.69, 9.17) is 4.84 Å². The Hall–Kier alpha value is -2.56. The minimum Gasteiger partial charge on any atom is -0.394 e. The lowest BCUT2D eigenvalue weighted by Crippen LogP contribution is -2.62. The van der Waals surface area contributed by atoms with Gasteiger partial charge in [-0.3, -0.25) is 14.4 Å². The fourth-order valence-electron chi connectivity index (χ4n) is 9.55. The van der Waals surface area contributed by atoms with E-state index >= 15 is 0 Å². The van der Waals surface area contributed by atoms with Crippen LogP contribution in [0.5, 0.6) is 0 Å². The third kappa shape index (κ3) is 6.12. The Morgan fingerprint density at radius 1 is 1.13 bits per heavy atom. The summed E-state index contributed by atoms with van der Waals surface area (Å²) in [4.78, 5) is 35.9. The van der Waals surface area contributed by atoms with Gasteiger partial charge >= 0.3 is 0 Å². The van der Waals surface area contributed by atoms with Gasteiger partial charge in [0.05, 0.1) is 30.1 Å². The number of nitrogens with zero attached hydrogens (tertiary/aromatic N) is 2. The van der Waals surface area contributed by atoms with Gasteiger partial charge in [0.1, 0.15) is 12.1 Å². The highest BCUT2D eigenvalue weighted by Gasteiger charge is 2.78. The average molecular weight is 649 g/mol. The van der Waals surface area contributed by atoms with Gasteiger partial charge in [-0.2, -0.15) is 5.06 Å². The molecule has 1 aromatic carbocycles. The van der Waals surface area contributed by atoms with Crippen LogP contribution in [0.3, 0.4) is 0 Å². The second-order valence-corrected chi connectivity index (χ2v) is 15.7. The molecule has 1 aromatic rings. The molecule has 47 heavy (non-hydrogen) atoms. The summed E-state index contributed by atoms with van der Waals surface area (Å²) in [6.07, 6.45) is 8.54. The minimum atomic E-state index is -1.11. The summed E-state index contributed by atoms with van der Waals surface area (Å²) in [6.45, 7) is 16.4. The molecule has 1 heterocycles. The van der Waals surface area contributed by atoms with Gasteiger partial charge in [-0.05, 0) is 85.6 Å². The highest BCUT2D eigenvalue weighted by Crippen LogP contribution is 2.66. The highest BCUT2D eigenvalue weighted by molar-refractivity contribution is 5.85. The number of fused-ring (bicyclic) bond motifs is 2. The molecule has 9 nitrogen and oxygen atoms in total. The van der Waals surface area contributed by atoms with Gasteiger partial charge in [-0.1, -0.05) is 77.1 Å². The zero-order valence-electron chi connectivity index (χ0n) is 29.2. The zero-order chi connectivity index (χ0) is 33.7. The number of rotatable bonds is 12. The lowest BCUT2D eigenvalue weighted by Gasteiger charge is -2.62. The Morgan fingerprint density at radius 3 is 2.51 bits per heavy atom. The van der Waals surface area contributed by atoms with Crippen molar-refractivity contribution in [2.45, 2.75) is 97.6 Å². The molecule has 9 atom stereocenters. The van der Waals surface area contributed by atoms with Crippen molar-refractivity contribution in [2.75, 3.05) is 32.8 Å². The molecule has 1 aliphatic heterocycles. The SMILES string of the molecule is CCN(CC)CCNC(=O)C1C=CC=C(c2cccc(CN3O[C@@H](CO)[C@]4(CC4(C)O)C3C(=O)N[C@H]3C[C@H]4C[C@@H](C3C)C4(C)C)c2)C1. The van der Waals surface area contributed by atoms with Gasteiger partial charge in [0.25, 0.3) is 0 Å². The molecule has 258 valence electrons. The number of benzene rings is 1. The summed E-state index contributed by atoms with van der Waals surface area (Å²) in [5.74, 6) is 1.27. The maximum absolute atomic E-state index is 14.2. The van der Waals surface area contributed by atoms with Crippen LogP contribution < -0.4 is 10.6 Å². The predicted molar refractivity (Wildman–Crippen MR) is 183 cm³/mol. The number of nitrogens with one attached hydrogen (secondary N) is 2. The van der Waals surface area contributed by atoms with E-state index in [0.29, 0.717) is 49.1 Å². The van der Waals surface area contributed by atoms with Crippen LogP contribution in [0.15, 0.2) is 42.5 Å². The van der Waals surface area contributed by atoms with Crippen molar-refractivity contribution < 1.29 is 24.6 Å². The quantitative estimate of drug-likeness (QED) is 0.272.